The van der Waals surface area contributed by atoms with Crippen molar-refractivity contribution in [1.82, 2.24) is 15.0 Å². The molecule has 0 aliphatic heterocycles. The lowest BCUT2D eigenvalue weighted by atomic mass is 10.2. The number of hydrogen-bond acceptors (Lipinski definition) is 3. The van der Waals surface area contributed by atoms with Gasteiger partial charge in [0, 0.05) is 7.11 Å². The normalized spacial score (nSPS) is 10.8. The van der Waals surface area contributed by atoms with Crippen molar-refractivity contribution >= 4 is 11.6 Å². The Morgan fingerprint density at radius 1 is 1.29 bits per heavy atom. The van der Waals surface area contributed by atoms with Gasteiger partial charge in [0.1, 0.15) is 5.69 Å². The van der Waals surface area contributed by atoms with Gasteiger partial charge in [-0.3, -0.25) is 0 Å². The van der Waals surface area contributed by atoms with Gasteiger partial charge in [-0.05, 0) is 19.1 Å². The van der Waals surface area contributed by atoms with Crippen LogP contribution in [0.2, 0.25) is 0 Å². The molecule has 1 aromatic heterocycles. The number of halogens is 1. The summed E-state index contributed by atoms with van der Waals surface area (Å²) >= 11 is 5.82. The van der Waals surface area contributed by atoms with Crippen LogP contribution in [0.5, 0.6) is 0 Å². The van der Waals surface area contributed by atoms with Gasteiger partial charge in [-0.15, -0.1) is 16.7 Å². The molecule has 0 N–H and O–H groups in total. The van der Waals surface area contributed by atoms with E-state index in [1.54, 1.807) is 11.8 Å². The second kappa shape index (κ2) is 5.29. The number of ether oxygens (including phenoxy) is 1. The van der Waals surface area contributed by atoms with Crippen LogP contribution in [0.3, 0.4) is 0 Å². The summed E-state index contributed by atoms with van der Waals surface area (Å²) in [5.41, 5.74) is 3.83. The standard InChI is InChI=1S/C12H14ClN3O/c1-9-3-5-10(6-4-9)16-12(8-17-2)11(7-13)14-15-16/h3-6H,7-8H2,1-2H3. The second-order valence-corrected chi connectivity index (χ2v) is 4.06. The van der Waals surface area contributed by atoms with Crippen LogP contribution < -0.4 is 0 Å². The van der Waals surface area contributed by atoms with Gasteiger partial charge in [0.2, 0.25) is 0 Å². The average Bonchev–Trinajstić information content (AvgIpc) is 2.74. The Morgan fingerprint density at radius 3 is 2.59 bits per heavy atom. The average molecular weight is 252 g/mol. The molecule has 5 heteroatoms. The number of aromatic nitrogens is 3. The van der Waals surface area contributed by atoms with Crippen molar-refractivity contribution in [3.05, 3.63) is 41.2 Å². The van der Waals surface area contributed by atoms with E-state index < -0.39 is 0 Å². The van der Waals surface area contributed by atoms with Crippen molar-refractivity contribution in [3.8, 4) is 5.69 Å². The summed E-state index contributed by atoms with van der Waals surface area (Å²) in [5, 5.41) is 8.16. The van der Waals surface area contributed by atoms with E-state index in [9.17, 15) is 0 Å². The summed E-state index contributed by atoms with van der Waals surface area (Å²) in [5.74, 6) is 0.338. The zero-order chi connectivity index (χ0) is 12.3. The van der Waals surface area contributed by atoms with Gasteiger partial charge in [0.05, 0.1) is 23.9 Å². The molecule has 0 fully saturated rings. The topological polar surface area (TPSA) is 39.9 Å². The zero-order valence-electron chi connectivity index (χ0n) is 9.85. The van der Waals surface area contributed by atoms with Crippen LogP contribution in [-0.2, 0) is 17.2 Å². The van der Waals surface area contributed by atoms with E-state index in [0.29, 0.717) is 12.5 Å². The summed E-state index contributed by atoms with van der Waals surface area (Å²) < 4.78 is 6.92. The maximum atomic E-state index is 5.82. The fourth-order valence-electron chi connectivity index (χ4n) is 1.61. The largest absolute Gasteiger partial charge is 0.378 e. The lowest BCUT2D eigenvalue weighted by Gasteiger charge is -2.06. The third-order valence-corrected chi connectivity index (χ3v) is 2.78. The highest BCUT2D eigenvalue weighted by Gasteiger charge is 2.12. The van der Waals surface area contributed by atoms with Gasteiger partial charge in [-0.25, -0.2) is 4.68 Å². The van der Waals surface area contributed by atoms with Crippen molar-refractivity contribution in [2.75, 3.05) is 7.11 Å². The van der Waals surface area contributed by atoms with Crippen molar-refractivity contribution < 1.29 is 4.74 Å². The zero-order valence-corrected chi connectivity index (χ0v) is 10.6. The Morgan fingerprint density at radius 2 is 2.00 bits per heavy atom. The van der Waals surface area contributed by atoms with Crippen molar-refractivity contribution in [1.29, 1.82) is 0 Å². The molecule has 1 heterocycles. The molecule has 0 aliphatic rings. The minimum absolute atomic E-state index is 0.338. The number of aryl methyl sites for hydroxylation is 1. The predicted octanol–water partition coefficient (Wildman–Crippen LogP) is 2.46. The molecule has 0 atom stereocenters. The highest BCUT2D eigenvalue weighted by atomic mass is 35.5. The van der Waals surface area contributed by atoms with Gasteiger partial charge in [0.25, 0.3) is 0 Å². The highest BCUT2D eigenvalue weighted by molar-refractivity contribution is 6.16. The molecule has 17 heavy (non-hydrogen) atoms. The van der Waals surface area contributed by atoms with Gasteiger partial charge < -0.3 is 4.74 Å². The monoisotopic (exact) mass is 251 g/mol. The maximum Gasteiger partial charge on any atom is 0.103 e. The Bertz CT molecular complexity index is 493. The molecule has 0 amide bonds. The van der Waals surface area contributed by atoms with E-state index in [-0.39, 0.29) is 0 Å². The Labute approximate surface area is 105 Å². The molecule has 2 rings (SSSR count). The lowest BCUT2D eigenvalue weighted by Crippen LogP contribution is -2.04. The van der Waals surface area contributed by atoms with Crippen molar-refractivity contribution in [2.24, 2.45) is 0 Å². The van der Waals surface area contributed by atoms with E-state index in [2.05, 4.69) is 10.3 Å². The number of rotatable bonds is 4. The van der Waals surface area contributed by atoms with Gasteiger partial charge in [0.15, 0.2) is 0 Å². The van der Waals surface area contributed by atoms with Gasteiger partial charge >= 0.3 is 0 Å². The minimum Gasteiger partial charge on any atom is -0.378 e. The van der Waals surface area contributed by atoms with E-state index >= 15 is 0 Å². The molecule has 0 bridgehead atoms. The van der Waals surface area contributed by atoms with Gasteiger partial charge in [-0.1, -0.05) is 22.9 Å². The van der Waals surface area contributed by atoms with Crippen molar-refractivity contribution in [3.63, 3.8) is 0 Å². The second-order valence-electron chi connectivity index (χ2n) is 3.80. The molecular weight excluding hydrogens is 238 g/mol. The molecule has 4 nitrogen and oxygen atoms in total. The molecule has 0 radical (unpaired) electrons. The summed E-state index contributed by atoms with van der Waals surface area (Å²) in [6, 6.07) is 8.07. The molecule has 0 unspecified atom stereocenters. The number of methoxy groups -OCH3 is 1. The number of alkyl halides is 1. The van der Waals surface area contributed by atoms with Crippen LogP contribution in [-0.4, -0.2) is 22.1 Å². The first-order chi connectivity index (χ1) is 8.26. The number of nitrogens with zero attached hydrogens (tertiary/aromatic N) is 3. The van der Waals surface area contributed by atoms with Gasteiger partial charge in [-0.2, -0.15) is 0 Å². The molecule has 1 aromatic carbocycles. The SMILES string of the molecule is COCc1c(CCl)nnn1-c1ccc(C)cc1. The van der Waals surface area contributed by atoms with Crippen LogP contribution >= 0.6 is 11.6 Å². The fraction of sp³-hybridized carbons (Fsp3) is 0.333. The minimum atomic E-state index is 0.338. The first kappa shape index (κ1) is 12.1. The third-order valence-electron chi connectivity index (χ3n) is 2.53. The molecular formula is C12H14ClN3O. The molecule has 0 spiro atoms. The van der Waals surface area contributed by atoms with Crippen LogP contribution in [0.1, 0.15) is 17.0 Å². The Hall–Kier alpha value is -1.39. The number of hydrogen-bond donors (Lipinski definition) is 0. The van der Waals surface area contributed by atoms with E-state index in [1.807, 2.05) is 31.2 Å². The smallest absolute Gasteiger partial charge is 0.103 e. The quantitative estimate of drug-likeness (QED) is 0.784. The highest BCUT2D eigenvalue weighted by Crippen LogP contribution is 2.16. The summed E-state index contributed by atoms with van der Waals surface area (Å²) in [7, 11) is 1.64. The van der Waals surface area contributed by atoms with Crippen LogP contribution in [0.15, 0.2) is 24.3 Å². The third kappa shape index (κ3) is 2.48. The fourth-order valence-corrected chi connectivity index (χ4v) is 1.82. The van der Waals surface area contributed by atoms with E-state index in [0.717, 1.165) is 17.1 Å². The predicted molar refractivity (Wildman–Crippen MR) is 66.4 cm³/mol. The molecule has 0 aliphatic carbocycles. The summed E-state index contributed by atoms with van der Waals surface area (Å²) in [6.07, 6.45) is 0. The van der Waals surface area contributed by atoms with Crippen molar-refractivity contribution in [2.45, 2.75) is 19.4 Å². The lowest BCUT2D eigenvalue weighted by molar-refractivity contribution is 0.178. The van der Waals surface area contributed by atoms with Crippen LogP contribution in [0.4, 0.5) is 0 Å². The van der Waals surface area contributed by atoms with E-state index in [4.69, 9.17) is 16.3 Å². The Balaban J connectivity index is 2.43. The Kier molecular flexibility index (Phi) is 3.76. The van der Waals surface area contributed by atoms with Crippen LogP contribution in [0.25, 0.3) is 5.69 Å². The van der Waals surface area contributed by atoms with Crippen LogP contribution in [0, 0.1) is 6.92 Å². The molecule has 90 valence electrons. The molecule has 0 saturated carbocycles. The molecule has 2 aromatic rings. The first-order valence-electron chi connectivity index (χ1n) is 5.31. The first-order valence-corrected chi connectivity index (χ1v) is 5.85. The summed E-state index contributed by atoms with van der Waals surface area (Å²) in [6.45, 7) is 2.49. The number of benzene rings is 1. The molecule has 0 saturated heterocycles. The maximum absolute atomic E-state index is 5.82. The van der Waals surface area contributed by atoms with E-state index in [1.165, 1.54) is 5.56 Å². The summed E-state index contributed by atoms with van der Waals surface area (Å²) in [4.78, 5) is 0.